The van der Waals surface area contributed by atoms with Gasteiger partial charge in [0.15, 0.2) is 0 Å². The molecule has 0 saturated carbocycles. The Hall–Kier alpha value is 0.657. The maximum atomic E-state index is 7.83. The molecule has 0 radical (unpaired) electrons. The monoisotopic (exact) mass is 240 g/mol. The van der Waals surface area contributed by atoms with E-state index >= 15 is 0 Å². The van der Waals surface area contributed by atoms with E-state index in [1.165, 1.54) is 0 Å². The van der Waals surface area contributed by atoms with Crippen LogP contribution in [0.25, 0.3) is 0 Å². The summed E-state index contributed by atoms with van der Waals surface area (Å²) >= 11 is 3.00. The van der Waals surface area contributed by atoms with Crippen molar-refractivity contribution in [3.05, 3.63) is 0 Å². The van der Waals surface area contributed by atoms with Crippen LogP contribution in [0.1, 0.15) is 20.8 Å². The Bertz CT molecular complexity index is 76.7. The van der Waals surface area contributed by atoms with Crippen LogP contribution >= 0.6 is 15.9 Å². The van der Waals surface area contributed by atoms with E-state index in [9.17, 15) is 0 Å². The van der Waals surface area contributed by atoms with Gasteiger partial charge < -0.3 is 5.11 Å². The predicted molar refractivity (Wildman–Crippen MR) is 59.5 cm³/mol. The number of aliphatic hydroxyl groups is 1. The van der Waals surface area contributed by atoms with Crippen LogP contribution in [0.5, 0.6) is 0 Å². The third kappa shape index (κ3) is 13.6. The molecule has 1 nitrogen and oxygen atoms in total. The fourth-order valence-corrected chi connectivity index (χ4v) is 0. The Morgan fingerprint density at radius 2 is 1.45 bits per heavy atom. The first-order valence-electron chi connectivity index (χ1n) is 4.03. The number of hydrogen-bond donors (Lipinski definition) is 1. The quantitative estimate of drug-likeness (QED) is 0.552. The summed E-state index contributed by atoms with van der Waals surface area (Å²) in [7, 11) is -0.359. The van der Waals surface area contributed by atoms with Crippen molar-refractivity contribution in [2.24, 2.45) is 0 Å². The lowest BCUT2D eigenvalue weighted by Crippen LogP contribution is -2.16. The van der Waals surface area contributed by atoms with Crippen LogP contribution in [-0.4, -0.2) is 25.8 Å². The Kier molecular flexibility index (Phi) is 9.44. The molecule has 0 spiro atoms. The fourth-order valence-electron chi connectivity index (χ4n) is 0. The fraction of sp³-hybridized carbons (Fsp3) is 1.00. The van der Waals surface area contributed by atoms with Crippen molar-refractivity contribution in [2.45, 2.75) is 38.9 Å². The van der Waals surface area contributed by atoms with Crippen molar-refractivity contribution in [3.8, 4) is 0 Å². The molecule has 11 heavy (non-hydrogen) atoms. The molecule has 0 atom stereocenters. The van der Waals surface area contributed by atoms with Crippen molar-refractivity contribution in [2.75, 3.05) is 11.9 Å². The van der Waals surface area contributed by atoms with E-state index in [-0.39, 0.29) is 15.4 Å². The van der Waals surface area contributed by atoms with E-state index < -0.39 is 0 Å². The molecule has 0 saturated heterocycles. The topological polar surface area (TPSA) is 20.2 Å². The molecule has 3 heteroatoms. The molecule has 0 aromatic rings. The van der Waals surface area contributed by atoms with E-state index in [1.807, 2.05) is 0 Å². The SMILES string of the molecule is C[SiH](C)C(C)(C)C.OCCBr. The molecule has 0 amide bonds. The van der Waals surface area contributed by atoms with E-state index in [0.717, 1.165) is 0 Å². The van der Waals surface area contributed by atoms with Crippen LogP contribution in [0.3, 0.4) is 0 Å². The first kappa shape index (κ1) is 14.2. The molecule has 0 aliphatic carbocycles. The van der Waals surface area contributed by atoms with Gasteiger partial charge in [-0.1, -0.05) is 49.8 Å². The summed E-state index contributed by atoms with van der Waals surface area (Å²) in [5.74, 6) is 0. The first-order chi connectivity index (χ1) is 4.86. The lowest BCUT2D eigenvalue weighted by Gasteiger charge is -2.21. The van der Waals surface area contributed by atoms with Crippen molar-refractivity contribution >= 4 is 24.7 Å². The second-order valence-electron chi connectivity index (χ2n) is 3.93. The third-order valence-corrected chi connectivity index (χ3v) is 5.64. The van der Waals surface area contributed by atoms with E-state index in [1.54, 1.807) is 0 Å². The van der Waals surface area contributed by atoms with Crippen LogP contribution in [0.4, 0.5) is 0 Å². The zero-order chi connectivity index (χ0) is 9.49. The normalized spacial score (nSPS) is 10.9. The highest BCUT2D eigenvalue weighted by atomic mass is 79.9. The zero-order valence-corrected chi connectivity index (χ0v) is 11.1. The summed E-state index contributed by atoms with van der Waals surface area (Å²) in [6, 6.07) is 0. The Morgan fingerprint density at radius 1 is 1.27 bits per heavy atom. The second-order valence-corrected chi connectivity index (χ2v) is 8.77. The predicted octanol–water partition coefficient (Wildman–Crippen LogP) is 2.65. The molecule has 0 rings (SSSR count). The number of aliphatic hydroxyl groups excluding tert-OH is 1. The molecule has 0 heterocycles. The molecule has 0 unspecified atom stereocenters. The molecule has 0 aliphatic rings. The molecular weight excluding hydrogens is 220 g/mol. The molecule has 0 bridgehead atoms. The Morgan fingerprint density at radius 3 is 1.45 bits per heavy atom. The smallest absolute Gasteiger partial charge is 0.0528 e. The van der Waals surface area contributed by atoms with Gasteiger partial charge >= 0.3 is 0 Å². The maximum absolute atomic E-state index is 7.83. The summed E-state index contributed by atoms with van der Waals surface area (Å²) in [5.41, 5.74) is 0. The Balaban J connectivity index is 0. The van der Waals surface area contributed by atoms with Gasteiger partial charge in [-0.2, -0.15) is 0 Å². The molecular formula is C8H21BrOSi. The van der Waals surface area contributed by atoms with Gasteiger partial charge in [-0.3, -0.25) is 0 Å². The number of halogens is 1. The van der Waals surface area contributed by atoms with Crippen LogP contribution in [-0.2, 0) is 0 Å². The third-order valence-electron chi connectivity index (χ3n) is 1.82. The minimum Gasteiger partial charge on any atom is -0.396 e. The largest absolute Gasteiger partial charge is 0.396 e. The molecule has 0 aromatic carbocycles. The lowest BCUT2D eigenvalue weighted by atomic mass is 10.2. The van der Waals surface area contributed by atoms with Crippen LogP contribution in [0.2, 0.25) is 18.1 Å². The highest BCUT2D eigenvalue weighted by molar-refractivity contribution is 9.09. The summed E-state index contributed by atoms with van der Waals surface area (Å²) < 4.78 is 0. The van der Waals surface area contributed by atoms with E-state index in [4.69, 9.17) is 5.11 Å². The van der Waals surface area contributed by atoms with Gasteiger partial charge in [0.2, 0.25) is 0 Å². The summed E-state index contributed by atoms with van der Waals surface area (Å²) in [6.07, 6.45) is 0. The molecule has 70 valence electrons. The van der Waals surface area contributed by atoms with Gasteiger partial charge in [0.25, 0.3) is 0 Å². The highest BCUT2D eigenvalue weighted by Gasteiger charge is 2.15. The summed E-state index contributed by atoms with van der Waals surface area (Å²) in [6.45, 7) is 12.0. The van der Waals surface area contributed by atoms with Crippen molar-refractivity contribution in [1.82, 2.24) is 0 Å². The van der Waals surface area contributed by atoms with Crippen molar-refractivity contribution in [1.29, 1.82) is 0 Å². The van der Waals surface area contributed by atoms with Gasteiger partial charge in [-0.15, -0.1) is 0 Å². The average molecular weight is 241 g/mol. The van der Waals surface area contributed by atoms with Crippen LogP contribution < -0.4 is 0 Å². The molecule has 0 aliphatic heterocycles. The highest BCUT2D eigenvalue weighted by Crippen LogP contribution is 2.25. The van der Waals surface area contributed by atoms with Gasteiger partial charge in [0.1, 0.15) is 0 Å². The van der Waals surface area contributed by atoms with E-state index in [2.05, 4.69) is 49.8 Å². The van der Waals surface area contributed by atoms with Crippen LogP contribution in [0, 0.1) is 0 Å². The second kappa shape index (κ2) is 7.31. The average Bonchev–Trinajstić information content (AvgIpc) is 1.87. The maximum Gasteiger partial charge on any atom is 0.0528 e. The molecule has 0 aromatic heterocycles. The standard InChI is InChI=1S/C6H16Si.C2H5BrO/c1-6(2,3)7(4)5;3-1-2-4/h7H,1-5H3;4H,1-2H2. The van der Waals surface area contributed by atoms with Gasteiger partial charge in [-0.25, -0.2) is 0 Å². The first-order valence-corrected chi connectivity index (χ1v) is 8.04. The van der Waals surface area contributed by atoms with Crippen LogP contribution in [0.15, 0.2) is 0 Å². The minimum absolute atomic E-state index is 0.236. The van der Waals surface area contributed by atoms with E-state index in [0.29, 0.717) is 10.4 Å². The van der Waals surface area contributed by atoms with Crippen molar-refractivity contribution in [3.63, 3.8) is 0 Å². The minimum atomic E-state index is -0.359. The molecule has 0 fully saturated rings. The van der Waals surface area contributed by atoms with Gasteiger partial charge in [0, 0.05) is 14.1 Å². The lowest BCUT2D eigenvalue weighted by molar-refractivity contribution is 0.324. The van der Waals surface area contributed by atoms with Gasteiger partial charge in [0.05, 0.1) is 6.61 Å². The number of alkyl halides is 1. The van der Waals surface area contributed by atoms with Crippen molar-refractivity contribution < 1.29 is 5.11 Å². The summed E-state index contributed by atoms with van der Waals surface area (Å²) in [5, 5.41) is 9.15. The number of rotatable bonds is 1. The summed E-state index contributed by atoms with van der Waals surface area (Å²) in [4.78, 5) is 0. The van der Waals surface area contributed by atoms with Gasteiger partial charge in [-0.05, 0) is 5.04 Å². The zero-order valence-electron chi connectivity index (χ0n) is 8.32. The molecule has 1 N–H and O–H groups in total. The number of hydrogen-bond acceptors (Lipinski definition) is 1. The Labute approximate surface area is 80.9 Å².